The highest BCUT2D eigenvalue weighted by Gasteiger charge is 2.03. The number of anilines is 2. The van der Waals surface area contributed by atoms with Crippen molar-refractivity contribution in [2.45, 2.75) is 20.3 Å². The lowest BCUT2D eigenvalue weighted by Crippen LogP contribution is -2.12. The third-order valence-corrected chi connectivity index (χ3v) is 1.76. The second-order valence-electron chi connectivity index (χ2n) is 2.77. The van der Waals surface area contributed by atoms with Gasteiger partial charge in [0.2, 0.25) is 0 Å². The highest BCUT2D eigenvalue weighted by Crippen LogP contribution is 2.16. The van der Waals surface area contributed by atoms with E-state index >= 15 is 0 Å². The molecule has 0 amide bonds. The number of aromatic nitrogens is 2. The van der Waals surface area contributed by atoms with Crippen LogP contribution in [0.2, 0.25) is 0 Å². The minimum atomic E-state index is 0.661. The monoisotopic (exact) mass is 181 g/mol. The molecule has 0 spiro atoms. The lowest BCUT2D eigenvalue weighted by atomic mass is 10.3. The zero-order valence-electron chi connectivity index (χ0n) is 7.96. The third-order valence-electron chi connectivity index (χ3n) is 1.76. The number of hydrogen-bond acceptors (Lipinski definition) is 5. The third kappa shape index (κ3) is 2.29. The maximum atomic E-state index is 5.28. The second-order valence-corrected chi connectivity index (χ2v) is 2.77. The molecule has 0 aliphatic heterocycles. The van der Waals surface area contributed by atoms with E-state index in [4.69, 9.17) is 5.84 Å². The van der Waals surface area contributed by atoms with E-state index in [2.05, 4.69) is 27.6 Å². The molecule has 1 heterocycles. The van der Waals surface area contributed by atoms with E-state index in [-0.39, 0.29) is 0 Å². The molecule has 0 radical (unpaired) electrons. The molecule has 0 atom stereocenters. The van der Waals surface area contributed by atoms with Gasteiger partial charge in [-0.05, 0) is 13.3 Å². The lowest BCUT2D eigenvalue weighted by Gasteiger charge is -2.09. The Balaban J connectivity index is 2.81. The first-order chi connectivity index (χ1) is 6.29. The molecule has 1 rings (SSSR count). The van der Waals surface area contributed by atoms with E-state index in [1.165, 1.54) is 6.33 Å². The number of nitrogens with two attached hydrogens (primary N) is 1. The van der Waals surface area contributed by atoms with Crippen LogP contribution in [-0.2, 0) is 0 Å². The first-order valence-corrected chi connectivity index (χ1v) is 4.31. The zero-order valence-corrected chi connectivity index (χ0v) is 7.96. The molecule has 0 saturated carbocycles. The second kappa shape index (κ2) is 4.61. The summed E-state index contributed by atoms with van der Waals surface area (Å²) in [6.07, 6.45) is 2.55. The molecule has 1 aromatic rings. The van der Waals surface area contributed by atoms with Crippen molar-refractivity contribution in [2.24, 2.45) is 5.84 Å². The molecule has 1 aromatic heterocycles. The number of hydrogen-bond donors (Lipinski definition) is 3. The summed E-state index contributed by atoms with van der Waals surface area (Å²) < 4.78 is 0. The average Bonchev–Trinajstić information content (AvgIpc) is 2.16. The topological polar surface area (TPSA) is 75.9 Å². The van der Waals surface area contributed by atoms with E-state index in [9.17, 15) is 0 Å². The van der Waals surface area contributed by atoms with Crippen molar-refractivity contribution in [3.05, 3.63) is 11.9 Å². The van der Waals surface area contributed by atoms with Gasteiger partial charge in [0.15, 0.2) is 0 Å². The molecule has 0 bridgehead atoms. The number of hydrazine groups is 1. The van der Waals surface area contributed by atoms with Gasteiger partial charge in [0.1, 0.15) is 18.0 Å². The van der Waals surface area contributed by atoms with Gasteiger partial charge in [-0.1, -0.05) is 6.92 Å². The Morgan fingerprint density at radius 1 is 1.38 bits per heavy atom. The minimum absolute atomic E-state index is 0.661. The molecule has 0 fully saturated rings. The van der Waals surface area contributed by atoms with Gasteiger partial charge in [-0.15, -0.1) is 0 Å². The largest absolute Gasteiger partial charge is 0.370 e. The maximum Gasteiger partial charge on any atom is 0.148 e. The Kier molecular flexibility index (Phi) is 3.45. The summed E-state index contributed by atoms with van der Waals surface area (Å²) in [6.45, 7) is 4.93. The quantitative estimate of drug-likeness (QED) is 0.475. The van der Waals surface area contributed by atoms with Gasteiger partial charge in [-0.2, -0.15) is 0 Å². The predicted octanol–water partition coefficient (Wildman–Crippen LogP) is 0.893. The van der Waals surface area contributed by atoms with E-state index in [0.717, 1.165) is 24.3 Å². The van der Waals surface area contributed by atoms with Crippen LogP contribution in [0.1, 0.15) is 18.9 Å². The van der Waals surface area contributed by atoms with Crippen LogP contribution in [0.3, 0.4) is 0 Å². The molecule has 72 valence electrons. The van der Waals surface area contributed by atoms with Gasteiger partial charge in [-0.25, -0.2) is 15.8 Å². The zero-order chi connectivity index (χ0) is 9.68. The van der Waals surface area contributed by atoms with Crippen molar-refractivity contribution < 1.29 is 0 Å². The van der Waals surface area contributed by atoms with Gasteiger partial charge in [0.05, 0.1) is 0 Å². The molecule has 13 heavy (non-hydrogen) atoms. The van der Waals surface area contributed by atoms with Crippen LogP contribution in [0.15, 0.2) is 6.33 Å². The van der Waals surface area contributed by atoms with Crippen LogP contribution in [-0.4, -0.2) is 16.5 Å². The lowest BCUT2D eigenvalue weighted by molar-refractivity contribution is 0.958. The standard InChI is InChI=1S/C8H15N5/c1-3-4-10-7-6(2)8(13-9)12-5-11-7/h5H,3-4,9H2,1-2H3,(H2,10,11,12,13). The van der Waals surface area contributed by atoms with Gasteiger partial charge in [0.25, 0.3) is 0 Å². The van der Waals surface area contributed by atoms with E-state index in [1.807, 2.05) is 6.92 Å². The van der Waals surface area contributed by atoms with Gasteiger partial charge < -0.3 is 10.7 Å². The number of rotatable bonds is 4. The molecule has 5 nitrogen and oxygen atoms in total. The molecular formula is C8H15N5. The Bertz CT molecular complexity index is 273. The number of nitrogens with one attached hydrogen (secondary N) is 2. The van der Waals surface area contributed by atoms with Crippen molar-refractivity contribution in [2.75, 3.05) is 17.3 Å². The van der Waals surface area contributed by atoms with Crippen LogP contribution >= 0.6 is 0 Å². The van der Waals surface area contributed by atoms with Crippen LogP contribution in [0.25, 0.3) is 0 Å². The fourth-order valence-electron chi connectivity index (χ4n) is 1.02. The molecule has 0 aliphatic carbocycles. The Morgan fingerprint density at radius 2 is 2.08 bits per heavy atom. The Morgan fingerprint density at radius 3 is 2.69 bits per heavy atom. The minimum Gasteiger partial charge on any atom is -0.370 e. The Hall–Kier alpha value is -1.36. The maximum absolute atomic E-state index is 5.28. The predicted molar refractivity (Wildman–Crippen MR) is 53.4 cm³/mol. The van der Waals surface area contributed by atoms with E-state index in [0.29, 0.717) is 5.82 Å². The molecular weight excluding hydrogens is 166 g/mol. The van der Waals surface area contributed by atoms with E-state index in [1.54, 1.807) is 0 Å². The van der Waals surface area contributed by atoms with Crippen molar-refractivity contribution in [3.63, 3.8) is 0 Å². The fraction of sp³-hybridized carbons (Fsp3) is 0.500. The van der Waals surface area contributed by atoms with Crippen molar-refractivity contribution >= 4 is 11.6 Å². The smallest absolute Gasteiger partial charge is 0.148 e. The van der Waals surface area contributed by atoms with Crippen LogP contribution in [0.4, 0.5) is 11.6 Å². The first-order valence-electron chi connectivity index (χ1n) is 4.31. The summed E-state index contributed by atoms with van der Waals surface area (Å²) in [6, 6.07) is 0. The highest BCUT2D eigenvalue weighted by atomic mass is 15.3. The first kappa shape index (κ1) is 9.73. The van der Waals surface area contributed by atoms with Crippen molar-refractivity contribution in [3.8, 4) is 0 Å². The number of nitrogens with zero attached hydrogens (tertiary/aromatic N) is 2. The van der Waals surface area contributed by atoms with Crippen molar-refractivity contribution in [1.82, 2.24) is 9.97 Å². The summed E-state index contributed by atoms with van der Waals surface area (Å²) in [7, 11) is 0. The van der Waals surface area contributed by atoms with Crippen LogP contribution in [0, 0.1) is 6.92 Å². The van der Waals surface area contributed by atoms with Crippen LogP contribution < -0.4 is 16.6 Å². The van der Waals surface area contributed by atoms with Gasteiger partial charge in [-0.3, -0.25) is 0 Å². The van der Waals surface area contributed by atoms with Gasteiger partial charge in [0, 0.05) is 12.1 Å². The summed E-state index contributed by atoms with van der Waals surface area (Å²) >= 11 is 0. The average molecular weight is 181 g/mol. The summed E-state index contributed by atoms with van der Waals surface area (Å²) in [5, 5.41) is 3.19. The Labute approximate surface area is 77.7 Å². The van der Waals surface area contributed by atoms with Crippen LogP contribution in [0.5, 0.6) is 0 Å². The summed E-state index contributed by atoms with van der Waals surface area (Å²) in [5.41, 5.74) is 3.46. The summed E-state index contributed by atoms with van der Waals surface area (Å²) in [5.74, 6) is 6.78. The fourth-order valence-corrected chi connectivity index (χ4v) is 1.02. The van der Waals surface area contributed by atoms with E-state index < -0.39 is 0 Å². The highest BCUT2D eigenvalue weighted by molar-refractivity contribution is 5.55. The molecule has 0 aliphatic rings. The molecule has 0 aromatic carbocycles. The molecule has 0 saturated heterocycles. The normalized spacial score (nSPS) is 9.77. The molecule has 0 unspecified atom stereocenters. The number of nitrogen functional groups attached to an aromatic ring is 1. The van der Waals surface area contributed by atoms with Gasteiger partial charge >= 0.3 is 0 Å². The van der Waals surface area contributed by atoms with Crippen molar-refractivity contribution in [1.29, 1.82) is 0 Å². The SMILES string of the molecule is CCCNc1ncnc(NN)c1C. The summed E-state index contributed by atoms with van der Waals surface area (Å²) in [4.78, 5) is 8.08. The molecule has 5 heteroatoms. The molecule has 4 N–H and O–H groups in total.